The maximum atomic E-state index is 13.2. The van der Waals surface area contributed by atoms with Gasteiger partial charge >= 0.3 is 0 Å². The quantitative estimate of drug-likeness (QED) is 0.809. The minimum absolute atomic E-state index is 0.111. The number of hydrogen-bond donors (Lipinski definition) is 0. The van der Waals surface area contributed by atoms with Crippen molar-refractivity contribution in [2.45, 2.75) is 26.7 Å². The second kappa shape index (κ2) is 6.74. The highest BCUT2D eigenvalue weighted by Crippen LogP contribution is 2.20. The zero-order chi connectivity index (χ0) is 12.8. The number of benzene rings is 1. The highest BCUT2D eigenvalue weighted by molar-refractivity contribution is 9.10. The summed E-state index contributed by atoms with van der Waals surface area (Å²) in [5.41, 5.74) is 0.395. The molecule has 0 saturated heterocycles. The van der Waals surface area contributed by atoms with Gasteiger partial charge in [0.25, 0.3) is 5.91 Å². The summed E-state index contributed by atoms with van der Waals surface area (Å²) in [7, 11) is 0. The highest BCUT2D eigenvalue weighted by Gasteiger charge is 2.17. The molecule has 1 rings (SSSR count). The van der Waals surface area contributed by atoms with Gasteiger partial charge in [-0.2, -0.15) is 0 Å². The Morgan fingerprint density at radius 1 is 1.29 bits per heavy atom. The lowest BCUT2D eigenvalue weighted by atomic mass is 10.2. The Hall–Kier alpha value is -0.900. The molecule has 0 heterocycles. The molecule has 0 aliphatic carbocycles. The lowest BCUT2D eigenvalue weighted by molar-refractivity contribution is 0.0754. The van der Waals surface area contributed by atoms with Crippen molar-refractivity contribution in [3.8, 4) is 0 Å². The molecule has 94 valence electrons. The van der Waals surface area contributed by atoms with Crippen LogP contribution in [0.1, 0.15) is 37.0 Å². The van der Waals surface area contributed by atoms with Crippen molar-refractivity contribution in [1.29, 1.82) is 0 Å². The van der Waals surface area contributed by atoms with E-state index in [1.807, 2.05) is 13.8 Å². The molecule has 0 spiro atoms. The number of carbonyl (C=O) groups is 1. The first-order valence-corrected chi connectivity index (χ1v) is 6.63. The van der Waals surface area contributed by atoms with Gasteiger partial charge in [0.2, 0.25) is 0 Å². The predicted molar refractivity (Wildman–Crippen MR) is 70.6 cm³/mol. The van der Waals surface area contributed by atoms with E-state index in [4.69, 9.17) is 0 Å². The molecule has 0 fully saturated rings. The molecule has 4 heteroatoms. The first kappa shape index (κ1) is 14.2. The fraction of sp³-hybridized carbons (Fsp3) is 0.462. The maximum Gasteiger partial charge on any atom is 0.255 e. The lowest BCUT2D eigenvalue weighted by Crippen LogP contribution is -2.32. The fourth-order valence-electron chi connectivity index (χ4n) is 1.69. The highest BCUT2D eigenvalue weighted by atomic mass is 79.9. The third kappa shape index (κ3) is 3.80. The smallest absolute Gasteiger partial charge is 0.255 e. The molecule has 0 N–H and O–H groups in total. The van der Waals surface area contributed by atoms with Crippen LogP contribution in [0, 0.1) is 5.82 Å². The van der Waals surface area contributed by atoms with Crippen molar-refractivity contribution in [1.82, 2.24) is 4.90 Å². The number of carbonyl (C=O) groups excluding carboxylic acids is 1. The number of amides is 1. The van der Waals surface area contributed by atoms with Crippen LogP contribution in [-0.4, -0.2) is 23.9 Å². The molecular weight excluding hydrogens is 285 g/mol. The van der Waals surface area contributed by atoms with Crippen LogP contribution in [0.2, 0.25) is 0 Å². The summed E-state index contributed by atoms with van der Waals surface area (Å²) < 4.78 is 13.8. The SMILES string of the molecule is CCCN(CCC)C(=O)c1cc(F)ccc1Br. The van der Waals surface area contributed by atoms with Crippen molar-refractivity contribution in [3.63, 3.8) is 0 Å². The molecule has 0 aromatic heterocycles. The molecule has 0 radical (unpaired) electrons. The van der Waals surface area contributed by atoms with Crippen LogP contribution in [-0.2, 0) is 0 Å². The summed E-state index contributed by atoms with van der Waals surface area (Å²) in [4.78, 5) is 14.0. The van der Waals surface area contributed by atoms with Gasteiger partial charge in [-0.1, -0.05) is 13.8 Å². The average molecular weight is 302 g/mol. The molecule has 2 nitrogen and oxygen atoms in total. The topological polar surface area (TPSA) is 20.3 Å². The van der Waals surface area contributed by atoms with E-state index in [-0.39, 0.29) is 11.7 Å². The molecule has 17 heavy (non-hydrogen) atoms. The van der Waals surface area contributed by atoms with E-state index in [0.717, 1.165) is 12.8 Å². The zero-order valence-corrected chi connectivity index (χ0v) is 11.8. The normalized spacial score (nSPS) is 10.4. The van der Waals surface area contributed by atoms with Gasteiger partial charge in [0.1, 0.15) is 5.82 Å². The minimum Gasteiger partial charge on any atom is -0.339 e. The summed E-state index contributed by atoms with van der Waals surface area (Å²) in [5.74, 6) is -0.496. The van der Waals surface area contributed by atoms with Gasteiger partial charge in [-0.3, -0.25) is 4.79 Å². The molecule has 1 amide bonds. The number of halogens is 2. The molecule has 1 aromatic carbocycles. The third-order valence-corrected chi connectivity index (χ3v) is 3.12. The second-order valence-electron chi connectivity index (χ2n) is 3.92. The van der Waals surface area contributed by atoms with E-state index in [1.165, 1.54) is 12.1 Å². The Morgan fingerprint density at radius 3 is 2.41 bits per heavy atom. The molecule has 0 atom stereocenters. The van der Waals surface area contributed by atoms with Crippen LogP contribution in [0.5, 0.6) is 0 Å². The first-order valence-electron chi connectivity index (χ1n) is 5.84. The summed E-state index contributed by atoms with van der Waals surface area (Å²) >= 11 is 3.29. The van der Waals surface area contributed by atoms with Crippen molar-refractivity contribution < 1.29 is 9.18 Å². The van der Waals surface area contributed by atoms with E-state index >= 15 is 0 Å². The molecule has 0 bridgehead atoms. The first-order chi connectivity index (χ1) is 8.10. The van der Waals surface area contributed by atoms with Gasteiger partial charge in [0, 0.05) is 17.6 Å². The van der Waals surface area contributed by atoms with E-state index < -0.39 is 0 Å². The predicted octanol–water partition coefficient (Wildman–Crippen LogP) is 3.85. The summed E-state index contributed by atoms with van der Waals surface area (Å²) in [6.45, 7) is 5.46. The van der Waals surface area contributed by atoms with E-state index in [2.05, 4.69) is 15.9 Å². The third-order valence-electron chi connectivity index (χ3n) is 2.43. The standard InChI is InChI=1S/C13H17BrFNO/c1-3-7-16(8-4-2)13(17)11-9-10(15)5-6-12(11)14/h5-6,9H,3-4,7-8H2,1-2H3. The lowest BCUT2D eigenvalue weighted by Gasteiger charge is -2.22. The van der Waals surface area contributed by atoms with Crippen molar-refractivity contribution in [3.05, 3.63) is 34.1 Å². The van der Waals surface area contributed by atoms with Crippen molar-refractivity contribution >= 4 is 21.8 Å². The van der Waals surface area contributed by atoms with E-state index in [0.29, 0.717) is 23.1 Å². The van der Waals surface area contributed by atoms with Crippen LogP contribution >= 0.6 is 15.9 Å². The largest absolute Gasteiger partial charge is 0.339 e. The summed E-state index contributed by atoms with van der Waals surface area (Å²) in [6.07, 6.45) is 1.80. The molecule has 0 aliphatic rings. The minimum atomic E-state index is -0.385. The van der Waals surface area contributed by atoms with Crippen molar-refractivity contribution in [2.24, 2.45) is 0 Å². The monoisotopic (exact) mass is 301 g/mol. The van der Waals surface area contributed by atoms with Crippen molar-refractivity contribution in [2.75, 3.05) is 13.1 Å². The Balaban J connectivity index is 2.95. The number of nitrogens with zero attached hydrogens (tertiary/aromatic N) is 1. The van der Waals surface area contributed by atoms with Gasteiger partial charge in [0.05, 0.1) is 5.56 Å². The Labute approximate surface area is 110 Å². The van der Waals surface area contributed by atoms with Crippen LogP contribution < -0.4 is 0 Å². The van der Waals surface area contributed by atoms with Gasteiger partial charge < -0.3 is 4.90 Å². The maximum absolute atomic E-state index is 13.2. The van der Waals surface area contributed by atoms with Gasteiger partial charge in [0.15, 0.2) is 0 Å². The van der Waals surface area contributed by atoms with Crippen LogP contribution in [0.4, 0.5) is 4.39 Å². The summed E-state index contributed by atoms with van der Waals surface area (Å²) in [6, 6.07) is 4.19. The number of hydrogen-bond acceptors (Lipinski definition) is 1. The summed E-state index contributed by atoms with van der Waals surface area (Å²) in [5, 5.41) is 0. The molecule has 0 unspecified atom stereocenters. The van der Waals surface area contributed by atoms with Gasteiger partial charge in [-0.05, 0) is 47.0 Å². The van der Waals surface area contributed by atoms with E-state index in [9.17, 15) is 9.18 Å². The van der Waals surface area contributed by atoms with E-state index in [1.54, 1.807) is 11.0 Å². The Kier molecular flexibility index (Phi) is 5.62. The number of rotatable bonds is 5. The molecular formula is C13H17BrFNO. The van der Waals surface area contributed by atoms with Crippen LogP contribution in [0.3, 0.4) is 0 Å². The molecule has 0 saturated carbocycles. The van der Waals surface area contributed by atoms with Crippen LogP contribution in [0.15, 0.2) is 22.7 Å². The van der Waals surface area contributed by atoms with Gasteiger partial charge in [-0.15, -0.1) is 0 Å². The fourth-order valence-corrected chi connectivity index (χ4v) is 2.10. The van der Waals surface area contributed by atoms with Gasteiger partial charge in [-0.25, -0.2) is 4.39 Å². The Morgan fingerprint density at radius 2 is 1.88 bits per heavy atom. The average Bonchev–Trinajstić information content (AvgIpc) is 2.31. The van der Waals surface area contributed by atoms with Crippen LogP contribution in [0.25, 0.3) is 0 Å². The Bertz CT molecular complexity index is 389. The molecule has 0 aliphatic heterocycles. The second-order valence-corrected chi connectivity index (χ2v) is 4.77. The molecule has 1 aromatic rings. The zero-order valence-electron chi connectivity index (χ0n) is 10.2.